The van der Waals surface area contributed by atoms with E-state index in [1.165, 1.54) is 29.9 Å². The molecule has 5 N–H and O–H groups in total. The van der Waals surface area contributed by atoms with Crippen molar-refractivity contribution >= 4 is 61.3 Å². The highest BCUT2D eigenvalue weighted by Crippen LogP contribution is 2.57. The fraction of sp³-hybridized carbons (Fsp3) is 0.500. The van der Waals surface area contributed by atoms with Crippen LogP contribution in [0.15, 0.2) is 25.3 Å². The molecule has 9 atom stereocenters. The van der Waals surface area contributed by atoms with Gasteiger partial charge in [-0.25, -0.2) is 34.5 Å². The normalized spacial score (nSPS) is 36.0. The third-order valence-corrected chi connectivity index (χ3v) is 9.63. The fourth-order valence-electron chi connectivity index (χ4n) is 5.16. The number of aliphatic hydroxyl groups is 1. The van der Waals surface area contributed by atoms with E-state index in [1.54, 1.807) is 4.57 Å². The van der Waals surface area contributed by atoms with Gasteiger partial charge in [-0.2, -0.15) is 0 Å². The van der Waals surface area contributed by atoms with Crippen LogP contribution in [0, 0.1) is 0 Å². The predicted molar refractivity (Wildman–Crippen MR) is 145 cm³/mol. The van der Waals surface area contributed by atoms with Crippen LogP contribution in [0.2, 0.25) is 0 Å². The van der Waals surface area contributed by atoms with Gasteiger partial charge in [0.05, 0.1) is 32.0 Å². The summed E-state index contributed by atoms with van der Waals surface area (Å²) in [5.41, 5.74) is 13.1. The van der Waals surface area contributed by atoms with E-state index in [2.05, 4.69) is 42.2 Å². The van der Waals surface area contributed by atoms with Gasteiger partial charge in [0.1, 0.15) is 54.3 Å². The third-order valence-electron chi connectivity index (χ3n) is 7.12. The van der Waals surface area contributed by atoms with E-state index in [-0.39, 0.29) is 36.9 Å². The second-order valence-electron chi connectivity index (χ2n) is 9.64. The summed E-state index contributed by atoms with van der Waals surface area (Å²) < 4.78 is 63.9. The average Bonchev–Trinajstić information content (AvgIpc) is 3.72. The van der Waals surface area contributed by atoms with Crippen molar-refractivity contribution in [3.8, 4) is 0 Å². The van der Waals surface area contributed by atoms with E-state index in [0.717, 1.165) is 0 Å². The Balaban J connectivity index is 1.12. The van der Waals surface area contributed by atoms with Gasteiger partial charge in [0, 0.05) is 6.42 Å². The third kappa shape index (κ3) is 4.96. The summed E-state index contributed by atoms with van der Waals surface area (Å²) in [6, 6.07) is 0. The van der Waals surface area contributed by atoms with E-state index in [1.807, 2.05) is 0 Å². The highest BCUT2D eigenvalue weighted by atomic mass is 32.7. The molecule has 0 radical (unpaired) electrons. The van der Waals surface area contributed by atoms with E-state index < -0.39 is 58.0 Å². The van der Waals surface area contributed by atoms with E-state index >= 15 is 0 Å². The number of rotatable bonds is 2. The van der Waals surface area contributed by atoms with Gasteiger partial charge in [0.2, 0.25) is 0 Å². The standard InChI is InChI=1S/C20H24N10O9P2S/c21-16-12-18(25-4-23-16)29(6-27-12)11-1-8-9(36-11)3-35-41(33,42)39-15-10(2-34-40(32)38-8)37-20(14(15)31)30-7-28-13-17(22)24-5-26-19(13)30/h4-11,14-15,20,31,40H,1-3H2,(H,33,42)(H2,21,23,25)(H2,22,24,26)/t8-,9+,10+,11+,14+,15+,20+,41+/m0/s1. The topological polar surface area (TPSA) is 249 Å². The lowest BCUT2D eigenvalue weighted by Crippen LogP contribution is -2.36. The Morgan fingerprint density at radius 1 is 0.929 bits per heavy atom. The van der Waals surface area contributed by atoms with Crippen molar-refractivity contribution in [1.82, 2.24) is 39.0 Å². The Kier molecular flexibility index (Phi) is 7.17. The summed E-state index contributed by atoms with van der Waals surface area (Å²) >= 11 is 4.12. The molecule has 3 saturated heterocycles. The zero-order chi connectivity index (χ0) is 29.2. The molecule has 0 bridgehead atoms. The molecule has 42 heavy (non-hydrogen) atoms. The van der Waals surface area contributed by atoms with Crippen LogP contribution >= 0.6 is 27.3 Å². The number of aliphatic hydroxyl groups excluding tert-OH is 1. The first-order valence-electron chi connectivity index (χ1n) is 12.5. The largest absolute Gasteiger partial charge is 0.386 e. The van der Waals surface area contributed by atoms with Crippen molar-refractivity contribution in [2.24, 2.45) is 0 Å². The van der Waals surface area contributed by atoms with Crippen LogP contribution in [0.3, 0.4) is 0 Å². The molecule has 224 valence electrons. The number of nitrogens with two attached hydrogens (primary N) is 2. The molecule has 0 spiro atoms. The number of fused-ring (bicyclic) bond motifs is 4. The maximum atomic E-state index is 13.3. The van der Waals surface area contributed by atoms with Crippen molar-refractivity contribution in [1.29, 1.82) is 0 Å². The number of aromatic nitrogens is 8. The van der Waals surface area contributed by atoms with Crippen LogP contribution in [-0.2, 0) is 36.7 Å². The quantitative estimate of drug-likeness (QED) is 0.173. The van der Waals surface area contributed by atoms with Crippen molar-refractivity contribution < 1.29 is 41.8 Å². The molecular weight excluding hydrogens is 618 g/mol. The maximum absolute atomic E-state index is 13.3. The summed E-state index contributed by atoms with van der Waals surface area (Å²) in [7, 11) is -3.12. The summed E-state index contributed by atoms with van der Waals surface area (Å²) in [5, 5.41) is 11.2. The van der Waals surface area contributed by atoms with Gasteiger partial charge in [-0.05, 0) is 0 Å². The lowest BCUT2D eigenvalue weighted by atomic mass is 10.1. The molecule has 3 fully saturated rings. The Labute approximate surface area is 241 Å². The van der Waals surface area contributed by atoms with E-state index in [0.29, 0.717) is 16.7 Å². The molecule has 3 aliphatic heterocycles. The van der Waals surface area contributed by atoms with E-state index in [9.17, 15) is 14.2 Å². The van der Waals surface area contributed by atoms with Crippen LogP contribution in [0.1, 0.15) is 18.9 Å². The first-order chi connectivity index (χ1) is 20.2. The predicted octanol–water partition coefficient (Wildman–Crippen LogP) is 0.621. The Morgan fingerprint density at radius 3 is 2.31 bits per heavy atom. The minimum absolute atomic E-state index is 0.134. The van der Waals surface area contributed by atoms with Crippen LogP contribution in [0.5, 0.6) is 0 Å². The highest BCUT2D eigenvalue weighted by molar-refractivity contribution is 8.44. The highest BCUT2D eigenvalue weighted by Gasteiger charge is 2.50. The zero-order valence-electron chi connectivity index (χ0n) is 21.3. The number of hydrogen-bond donors (Lipinski definition) is 4. The van der Waals surface area contributed by atoms with Gasteiger partial charge in [0.15, 0.2) is 29.2 Å². The smallest absolute Gasteiger partial charge is 0.386 e. The molecule has 0 saturated carbocycles. The molecule has 0 aromatic carbocycles. The molecule has 4 aromatic heterocycles. The van der Waals surface area contributed by atoms with Crippen LogP contribution in [0.4, 0.5) is 11.6 Å². The van der Waals surface area contributed by atoms with Gasteiger partial charge >= 0.3 is 15.1 Å². The van der Waals surface area contributed by atoms with Crippen molar-refractivity contribution in [2.45, 2.75) is 49.4 Å². The summed E-state index contributed by atoms with van der Waals surface area (Å²) in [6.45, 7) is -4.80. The molecular formula is C20H24N10O9P2S. The maximum Gasteiger partial charge on any atom is 0.386 e. The SMILES string of the molecule is Nc1ncnc2c1ncn2[C@@H]1O[C@@H]2CO[PH](=O)O[C@H]3C[C@H](n4cnc5c(N)ncnc54)O[C@@H]3CO[P@@](=O)(S)O[C@H]2[C@H]1O. The Bertz CT molecular complexity index is 1730. The number of thiol groups is 1. The number of imidazole rings is 2. The monoisotopic (exact) mass is 642 g/mol. The van der Waals surface area contributed by atoms with Crippen LogP contribution in [0.25, 0.3) is 22.3 Å². The minimum Gasteiger partial charge on any atom is -0.386 e. The number of ether oxygens (including phenoxy) is 2. The molecule has 22 heteroatoms. The van der Waals surface area contributed by atoms with Gasteiger partial charge < -0.3 is 35.1 Å². The number of hydrogen-bond acceptors (Lipinski definition) is 17. The second-order valence-corrected chi connectivity index (χ2v) is 13.5. The zero-order valence-corrected chi connectivity index (χ0v) is 24.1. The second kappa shape index (κ2) is 10.7. The van der Waals surface area contributed by atoms with Crippen molar-refractivity contribution in [3.05, 3.63) is 25.3 Å². The molecule has 1 unspecified atom stereocenters. The average molecular weight is 642 g/mol. The Morgan fingerprint density at radius 2 is 1.60 bits per heavy atom. The number of nitrogen functional groups attached to an aromatic ring is 2. The summed E-state index contributed by atoms with van der Waals surface area (Å²) in [4.78, 5) is 24.6. The minimum atomic E-state index is -4.13. The number of nitrogens with zero attached hydrogens (tertiary/aromatic N) is 8. The fourth-order valence-corrected chi connectivity index (χ4v) is 7.51. The molecule has 0 amide bonds. The molecule has 7 rings (SSSR count). The molecule has 4 aromatic rings. The first kappa shape index (κ1) is 28.0. The first-order valence-corrected chi connectivity index (χ1v) is 16.4. The lowest BCUT2D eigenvalue weighted by molar-refractivity contribution is -0.0548. The van der Waals surface area contributed by atoms with Gasteiger partial charge in [-0.1, -0.05) is 12.2 Å². The Hall–Kier alpha value is -2.77. The lowest BCUT2D eigenvalue weighted by Gasteiger charge is -2.26. The summed E-state index contributed by atoms with van der Waals surface area (Å²) in [6.07, 6.45) is -1.62. The molecule has 3 aliphatic rings. The van der Waals surface area contributed by atoms with Crippen molar-refractivity contribution in [3.63, 3.8) is 0 Å². The van der Waals surface area contributed by atoms with Crippen LogP contribution in [-0.4, -0.2) is 87.9 Å². The van der Waals surface area contributed by atoms with Gasteiger partial charge in [0.25, 0.3) is 0 Å². The molecule has 0 aliphatic carbocycles. The van der Waals surface area contributed by atoms with Gasteiger partial charge in [-0.3, -0.25) is 22.7 Å². The molecule has 7 heterocycles. The van der Waals surface area contributed by atoms with Crippen molar-refractivity contribution in [2.75, 3.05) is 24.7 Å². The van der Waals surface area contributed by atoms with Gasteiger partial charge in [-0.15, -0.1) is 0 Å². The molecule has 19 nitrogen and oxygen atoms in total. The van der Waals surface area contributed by atoms with Crippen LogP contribution < -0.4 is 11.5 Å². The number of anilines is 2. The summed E-state index contributed by atoms with van der Waals surface area (Å²) in [5.74, 6) is 0.334. The van der Waals surface area contributed by atoms with E-state index in [4.69, 9.17) is 39.0 Å².